The number of benzene rings is 2. The van der Waals surface area contributed by atoms with E-state index in [4.69, 9.17) is 11.6 Å². The van der Waals surface area contributed by atoms with E-state index in [1.165, 1.54) is 12.2 Å². The molecule has 100 valence electrons. The average molecular weight is 285 g/mol. The van der Waals surface area contributed by atoms with Crippen LogP contribution in [0.4, 0.5) is 0 Å². The Hall–Kier alpha value is -2.32. The van der Waals surface area contributed by atoms with E-state index in [1.807, 2.05) is 12.1 Å². The first-order chi connectivity index (χ1) is 9.65. The van der Waals surface area contributed by atoms with Crippen LogP contribution in [0.25, 0.3) is 12.2 Å². The maximum absolute atomic E-state index is 11.7. The highest BCUT2D eigenvalue weighted by Crippen LogP contribution is 2.17. The lowest BCUT2D eigenvalue weighted by Gasteiger charge is -1.96. The molecular formula is C17H13ClO2. The summed E-state index contributed by atoms with van der Waals surface area (Å²) in [5.41, 5.74) is 1.47. The lowest BCUT2D eigenvalue weighted by atomic mass is 10.1. The monoisotopic (exact) mass is 284 g/mol. The number of allylic oxidation sites excluding steroid dienone is 2. The van der Waals surface area contributed by atoms with Crippen molar-refractivity contribution in [2.24, 2.45) is 0 Å². The molecule has 0 aliphatic heterocycles. The highest BCUT2D eigenvalue weighted by molar-refractivity contribution is 6.30. The highest BCUT2D eigenvalue weighted by atomic mass is 35.5. The lowest BCUT2D eigenvalue weighted by Crippen LogP contribution is -1.85. The first-order valence-corrected chi connectivity index (χ1v) is 6.46. The highest BCUT2D eigenvalue weighted by Gasteiger charge is 1.96. The van der Waals surface area contributed by atoms with Gasteiger partial charge in [0.1, 0.15) is 5.75 Å². The molecule has 2 aromatic carbocycles. The Morgan fingerprint density at radius 2 is 1.75 bits per heavy atom. The number of phenolic OH excluding ortho intramolecular Hbond substituents is 1. The van der Waals surface area contributed by atoms with Crippen LogP contribution in [-0.2, 0) is 4.79 Å². The summed E-state index contributed by atoms with van der Waals surface area (Å²) in [5.74, 6) is -0.0106. The Kier molecular flexibility index (Phi) is 4.75. The zero-order chi connectivity index (χ0) is 14.4. The maximum atomic E-state index is 11.7. The molecule has 3 heteroatoms. The van der Waals surface area contributed by atoms with Crippen molar-refractivity contribution >= 4 is 29.5 Å². The normalized spacial score (nSPS) is 11.2. The molecule has 0 saturated carbocycles. The molecule has 0 bridgehead atoms. The van der Waals surface area contributed by atoms with Crippen LogP contribution in [0.3, 0.4) is 0 Å². The SMILES string of the molecule is O=C(C=Cc1cccc(Cl)c1)C=Cc1ccccc1O. The maximum Gasteiger partial charge on any atom is 0.178 e. The van der Waals surface area contributed by atoms with Gasteiger partial charge in [-0.05, 0) is 42.0 Å². The Bertz CT molecular complexity index is 672. The molecule has 0 aliphatic carbocycles. The number of halogens is 1. The molecule has 0 spiro atoms. The topological polar surface area (TPSA) is 37.3 Å². The van der Waals surface area contributed by atoms with E-state index < -0.39 is 0 Å². The Morgan fingerprint density at radius 1 is 1.00 bits per heavy atom. The largest absolute Gasteiger partial charge is 0.507 e. The molecule has 0 aliphatic rings. The fourth-order valence-electron chi connectivity index (χ4n) is 1.64. The molecule has 2 aromatic rings. The second kappa shape index (κ2) is 6.73. The van der Waals surface area contributed by atoms with Gasteiger partial charge in [0, 0.05) is 10.6 Å². The van der Waals surface area contributed by atoms with E-state index >= 15 is 0 Å². The first kappa shape index (κ1) is 14.1. The van der Waals surface area contributed by atoms with Crippen molar-refractivity contribution < 1.29 is 9.90 Å². The van der Waals surface area contributed by atoms with Gasteiger partial charge in [-0.2, -0.15) is 0 Å². The lowest BCUT2D eigenvalue weighted by molar-refractivity contribution is -0.110. The standard InChI is InChI=1S/C17H13ClO2/c18-15-6-3-4-13(12-15)8-10-16(19)11-9-14-5-1-2-7-17(14)20/h1-12,20H. The van der Waals surface area contributed by atoms with Crippen molar-refractivity contribution in [3.05, 3.63) is 76.8 Å². The van der Waals surface area contributed by atoms with E-state index in [9.17, 15) is 9.90 Å². The fraction of sp³-hybridized carbons (Fsp3) is 0. The molecule has 2 rings (SSSR count). The molecule has 1 N–H and O–H groups in total. The zero-order valence-corrected chi connectivity index (χ0v) is 11.4. The quantitative estimate of drug-likeness (QED) is 0.848. The molecule has 0 aromatic heterocycles. The summed E-state index contributed by atoms with van der Waals surface area (Å²) in [6.45, 7) is 0. The Labute approximate surface area is 122 Å². The second-order valence-electron chi connectivity index (χ2n) is 4.18. The number of hydrogen-bond donors (Lipinski definition) is 1. The number of ketones is 1. The number of phenols is 1. The van der Waals surface area contributed by atoms with Crippen molar-refractivity contribution in [1.82, 2.24) is 0 Å². The summed E-state index contributed by atoms with van der Waals surface area (Å²) in [4.78, 5) is 11.7. The van der Waals surface area contributed by atoms with Gasteiger partial charge in [0.05, 0.1) is 0 Å². The van der Waals surface area contributed by atoms with Crippen molar-refractivity contribution in [3.63, 3.8) is 0 Å². The van der Waals surface area contributed by atoms with Crippen molar-refractivity contribution in [2.45, 2.75) is 0 Å². The molecule has 0 amide bonds. The van der Waals surface area contributed by atoms with Gasteiger partial charge in [0.2, 0.25) is 0 Å². The van der Waals surface area contributed by atoms with Crippen LogP contribution in [0.2, 0.25) is 5.02 Å². The van der Waals surface area contributed by atoms with E-state index in [0.717, 1.165) is 5.56 Å². The molecule has 2 nitrogen and oxygen atoms in total. The zero-order valence-electron chi connectivity index (χ0n) is 10.7. The number of carbonyl (C=O) groups excluding carboxylic acids is 1. The van der Waals surface area contributed by atoms with Crippen LogP contribution in [0.1, 0.15) is 11.1 Å². The van der Waals surface area contributed by atoms with Gasteiger partial charge in [0.15, 0.2) is 5.78 Å². The molecule has 0 radical (unpaired) electrons. The third kappa shape index (κ3) is 4.11. The van der Waals surface area contributed by atoms with Gasteiger partial charge < -0.3 is 5.11 Å². The molecule has 0 atom stereocenters. The van der Waals surface area contributed by atoms with Crippen LogP contribution in [0.15, 0.2) is 60.7 Å². The first-order valence-electron chi connectivity index (χ1n) is 6.09. The van der Waals surface area contributed by atoms with Gasteiger partial charge in [-0.15, -0.1) is 0 Å². The summed E-state index contributed by atoms with van der Waals surface area (Å²) < 4.78 is 0. The van der Waals surface area contributed by atoms with E-state index in [0.29, 0.717) is 10.6 Å². The summed E-state index contributed by atoms with van der Waals surface area (Å²) >= 11 is 5.86. The second-order valence-corrected chi connectivity index (χ2v) is 4.62. The third-order valence-corrected chi connectivity index (χ3v) is 2.89. The fourth-order valence-corrected chi connectivity index (χ4v) is 1.84. The van der Waals surface area contributed by atoms with E-state index in [2.05, 4.69) is 0 Å². The van der Waals surface area contributed by atoms with Crippen LogP contribution in [-0.4, -0.2) is 10.9 Å². The van der Waals surface area contributed by atoms with Crippen molar-refractivity contribution in [2.75, 3.05) is 0 Å². The minimum atomic E-state index is -0.159. The number of aromatic hydroxyl groups is 1. The number of hydrogen-bond acceptors (Lipinski definition) is 2. The molecule has 0 unspecified atom stereocenters. The smallest absolute Gasteiger partial charge is 0.178 e. The molecule has 0 fully saturated rings. The average Bonchev–Trinajstić information content (AvgIpc) is 2.44. The Balaban J connectivity index is 2.04. The third-order valence-electron chi connectivity index (χ3n) is 2.65. The molecule has 20 heavy (non-hydrogen) atoms. The predicted molar refractivity (Wildman–Crippen MR) is 82.6 cm³/mol. The minimum Gasteiger partial charge on any atom is -0.507 e. The summed E-state index contributed by atoms with van der Waals surface area (Å²) in [5, 5.41) is 10.2. The minimum absolute atomic E-state index is 0.148. The van der Waals surface area contributed by atoms with E-state index in [-0.39, 0.29) is 11.5 Å². The molecular weight excluding hydrogens is 272 g/mol. The number of rotatable bonds is 4. The van der Waals surface area contributed by atoms with Gasteiger partial charge in [0.25, 0.3) is 0 Å². The Morgan fingerprint density at radius 3 is 2.50 bits per heavy atom. The van der Waals surface area contributed by atoms with Gasteiger partial charge in [-0.25, -0.2) is 0 Å². The summed E-state index contributed by atoms with van der Waals surface area (Å²) in [7, 11) is 0. The summed E-state index contributed by atoms with van der Waals surface area (Å²) in [6, 6.07) is 14.1. The van der Waals surface area contributed by atoms with Crippen LogP contribution in [0.5, 0.6) is 5.75 Å². The number of para-hydroxylation sites is 1. The van der Waals surface area contributed by atoms with Gasteiger partial charge >= 0.3 is 0 Å². The van der Waals surface area contributed by atoms with Gasteiger partial charge in [-0.3, -0.25) is 4.79 Å². The van der Waals surface area contributed by atoms with E-state index in [1.54, 1.807) is 48.6 Å². The van der Waals surface area contributed by atoms with Crippen LogP contribution < -0.4 is 0 Å². The number of carbonyl (C=O) groups is 1. The van der Waals surface area contributed by atoms with Crippen LogP contribution in [0, 0.1) is 0 Å². The van der Waals surface area contributed by atoms with Gasteiger partial charge in [-0.1, -0.05) is 48.0 Å². The van der Waals surface area contributed by atoms with Crippen molar-refractivity contribution in [1.29, 1.82) is 0 Å². The molecule has 0 saturated heterocycles. The summed E-state index contributed by atoms with van der Waals surface area (Å²) in [6.07, 6.45) is 6.15. The molecule has 0 heterocycles. The van der Waals surface area contributed by atoms with Crippen molar-refractivity contribution in [3.8, 4) is 5.75 Å². The predicted octanol–water partition coefficient (Wildman–Crippen LogP) is 4.34. The van der Waals surface area contributed by atoms with Crippen LogP contribution >= 0.6 is 11.6 Å².